The van der Waals surface area contributed by atoms with Crippen molar-refractivity contribution in [2.24, 2.45) is 0 Å². The molecule has 26 heavy (non-hydrogen) atoms. The summed E-state index contributed by atoms with van der Waals surface area (Å²) in [6, 6.07) is 9.94. The van der Waals surface area contributed by atoms with Crippen molar-refractivity contribution < 1.29 is 13.2 Å². The summed E-state index contributed by atoms with van der Waals surface area (Å²) in [4.78, 5) is 13.7. The van der Waals surface area contributed by atoms with E-state index in [1.54, 1.807) is 35.2 Å². The molecule has 0 aromatic heterocycles. The number of amides is 1. The number of aryl methyl sites for hydroxylation is 1. The molecule has 2 aromatic carbocycles. The van der Waals surface area contributed by atoms with Crippen molar-refractivity contribution in [2.45, 2.75) is 38.0 Å². The van der Waals surface area contributed by atoms with Crippen molar-refractivity contribution >= 4 is 38.9 Å². The molecule has 5 nitrogen and oxygen atoms in total. The van der Waals surface area contributed by atoms with Gasteiger partial charge in [0, 0.05) is 29.6 Å². The quantitative estimate of drug-likeness (QED) is 0.855. The van der Waals surface area contributed by atoms with E-state index in [-0.39, 0.29) is 16.2 Å². The molecule has 0 radical (unpaired) electrons. The van der Waals surface area contributed by atoms with Gasteiger partial charge in [0.15, 0.2) is 0 Å². The van der Waals surface area contributed by atoms with Crippen LogP contribution in [0.2, 0.25) is 5.02 Å². The molecule has 1 aliphatic heterocycles. The van der Waals surface area contributed by atoms with Gasteiger partial charge in [0.1, 0.15) is 0 Å². The molecule has 1 heterocycles. The van der Waals surface area contributed by atoms with Gasteiger partial charge < -0.3 is 4.90 Å². The number of nitrogens with zero attached hydrogens (tertiary/aromatic N) is 1. The summed E-state index contributed by atoms with van der Waals surface area (Å²) < 4.78 is 28.3. The number of carbonyl (C=O) groups excluding carboxylic acids is 1. The third-order valence-corrected chi connectivity index (χ3v) is 6.27. The van der Waals surface area contributed by atoms with Gasteiger partial charge in [0.05, 0.1) is 10.6 Å². The van der Waals surface area contributed by atoms with Crippen LogP contribution in [-0.2, 0) is 20.2 Å². The van der Waals surface area contributed by atoms with Crippen LogP contribution in [0.5, 0.6) is 0 Å². The van der Waals surface area contributed by atoms with Crippen LogP contribution in [0.15, 0.2) is 41.3 Å². The van der Waals surface area contributed by atoms with E-state index in [0.717, 1.165) is 16.8 Å². The minimum Gasteiger partial charge on any atom is -0.311 e. The highest BCUT2D eigenvalue weighted by Crippen LogP contribution is 2.41. The maximum atomic E-state index is 12.9. The summed E-state index contributed by atoms with van der Waals surface area (Å²) in [5, 5.41) is 0.459. The van der Waals surface area contributed by atoms with Gasteiger partial charge in [0.25, 0.3) is 10.0 Å². The first kappa shape index (κ1) is 18.7. The van der Waals surface area contributed by atoms with Gasteiger partial charge in [-0.25, -0.2) is 8.42 Å². The number of sulfonamides is 1. The van der Waals surface area contributed by atoms with E-state index in [1.165, 1.54) is 13.0 Å². The Balaban J connectivity index is 2.02. The van der Waals surface area contributed by atoms with Crippen LogP contribution in [0.3, 0.4) is 0 Å². The van der Waals surface area contributed by atoms with Crippen LogP contribution in [0, 0.1) is 6.92 Å². The molecule has 0 unspecified atom stereocenters. The average molecular weight is 393 g/mol. The van der Waals surface area contributed by atoms with Crippen molar-refractivity contribution in [2.75, 3.05) is 16.2 Å². The molecular weight excluding hydrogens is 372 g/mol. The van der Waals surface area contributed by atoms with E-state index in [0.29, 0.717) is 17.3 Å². The summed E-state index contributed by atoms with van der Waals surface area (Å²) in [6.45, 7) is 7.85. The Hall–Kier alpha value is -2.05. The standard InChI is InChI=1S/C19H21ClN2O3S/c1-12-5-6-14(20)9-17(12)21-26(24,25)15-7-8-18-16(10-15)19(3,4)11-22(18)13(2)23/h5-10,21H,11H2,1-4H3. The number of benzene rings is 2. The number of anilines is 2. The van der Waals surface area contributed by atoms with Gasteiger partial charge in [-0.3, -0.25) is 9.52 Å². The topological polar surface area (TPSA) is 66.5 Å². The molecule has 1 amide bonds. The van der Waals surface area contributed by atoms with E-state index in [2.05, 4.69) is 4.72 Å². The van der Waals surface area contributed by atoms with Crippen molar-refractivity contribution in [3.8, 4) is 0 Å². The van der Waals surface area contributed by atoms with Gasteiger partial charge in [-0.2, -0.15) is 0 Å². The predicted molar refractivity (Wildman–Crippen MR) is 104 cm³/mol. The van der Waals surface area contributed by atoms with Gasteiger partial charge in [0.2, 0.25) is 5.91 Å². The molecule has 3 rings (SSSR count). The Morgan fingerprint density at radius 1 is 1.19 bits per heavy atom. The monoisotopic (exact) mass is 392 g/mol. The second-order valence-corrected chi connectivity index (χ2v) is 9.35. The SMILES string of the molecule is CC(=O)N1CC(C)(C)c2cc(S(=O)(=O)Nc3cc(Cl)ccc3C)ccc21. The first-order chi connectivity index (χ1) is 12.0. The number of halogens is 1. The van der Waals surface area contributed by atoms with Gasteiger partial charge in [-0.15, -0.1) is 0 Å². The van der Waals surface area contributed by atoms with E-state index < -0.39 is 10.0 Å². The predicted octanol–water partition coefficient (Wildman–Crippen LogP) is 4.09. The molecular formula is C19H21ClN2O3S. The summed E-state index contributed by atoms with van der Waals surface area (Å²) in [5.74, 6) is -0.0555. The molecule has 1 N–H and O–H groups in total. The minimum absolute atomic E-state index is 0.0555. The van der Waals surface area contributed by atoms with Crippen LogP contribution >= 0.6 is 11.6 Å². The molecule has 0 saturated heterocycles. The molecule has 0 bridgehead atoms. The highest BCUT2D eigenvalue weighted by atomic mass is 35.5. The van der Waals surface area contributed by atoms with E-state index in [9.17, 15) is 13.2 Å². The molecule has 7 heteroatoms. The van der Waals surface area contributed by atoms with E-state index >= 15 is 0 Å². The molecule has 138 valence electrons. The first-order valence-electron chi connectivity index (χ1n) is 8.23. The Kier molecular flexibility index (Phi) is 4.53. The minimum atomic E-state index is -3.77. The number of nitrogens with one attached hydrogen (secondary N) is 1. The Labute approximate surface area is 159 Å². The van der Waals surface area contributed by atoms with Crippen molar-refractivity contribution in [1.29, 1.82) is 0 Å². The number of carbonyl (C=O) groups is 1. The zero-order valence-electron chi connectivity index (χ0n) is 15.1. The molecule has 0 spiro atoms. The van der Waals surface area contributed by atoms with Crippen LogP contribution < -0.4 is 9.62 Å². The lowest BCUT2D eigenvalue weighted by Crippen LogP contribution is -2.31. The fraction of sp³-hybridized carbons (Fsp3) is 0.316. The van der Waals surface area contributed by atoms with Crippen LogP contribution in [0.1, 0.15) is 31.9 Å². The number of fused-ring (bicyclic) bond motifs is 1. The second kappa shape index (κ2) is 6.28. The Bertz CT molecular complexity index is 1000. The molecule has 0 atom stereocenters. The van der Waals surface area contributed by atoms with E-state index in [1.807, 2.05) is 20.8 Å². The maximum Gasteiger partial charge on any atom is 0.261 e. The number of hydrogen-bond donors (Lipinski definition) is 1. The summed E-state index contributed by atoms with van der Waals surface area (Å²) >= 11 is 5.98. The summed E-state index contributed by atoms with van der Waals surface area (Å²) in [7, 11) is -3.77. The molecule has 0 fully saturated rings. The Morgan fingerprint density at radius 2 is 1.88 bits per heavy atom. The lowest BCUT2D eigenvalue weighted by Gasteiger charge is -2.19. The Morgan fingerprint density at radius 3 is 2.54 bits per heavy atom. The van der Waals surface area contributed by atoms with Crippen molar-refractivity contribution in [3.63, 3.8) is 0 Å². The second-order valence-electron chi connectivity index (χ2n) is 7.23. The summed E-state index contributed by atoms with van der Waals surface area (Å²) in [5.41, 5.74) is 2.52. The van der Waals surface area contributed by atoms with Crippen molar-refractivity contribution in [1.82, 2.24) is 0 Å². The average Bonchev–Trinajstić information content (AvgIpc) is 2.82. The summed E-state index contributed by atoms with van der Waals surface area (Å²) in [6.07, 6.45) is 0. The lowest BCUT2D eigenvalue weighted by molar-refractivity contribution is -0.116. The number of hydrogen-bond acceptors (Lipinski definition) is 3. The molecule has 0 saturated carbocycles. The fourth-order valence-electron chi connectivity index (χ4n) is 3.21. The third-order valence-electron chi connectivity index (χ3n) is 4.68. The van der Waals surface area contributed by atoms with Gasteiger partial charge in [-0.1, -0.05) is 31.5 Å². The van der Waals surface area contributed by atoms with Gasteiger partial charge in [-0.05, 0) is 48.4 Å². The zero-order valence-corrected chi connectivity index (χ0v) is 16.7. The van der Waals surface area contributed by atoms with Crippen LogP contribution in [0.4, 0.5) is 11.4 Å². The lowest BCUT2D eigenvalue weighted by atomic mass is 9.87. The maximum absolute atomic E-state index is 12.9. The highest BCUT2D eigenvalue weighted by molar-refractivity contribution is 7.92. The first-order valence-corrected chi connectivity index (χ1v) is 10.1. The molecule has 1 aliphatic rings. The van der Waals surface area contributed by atoms with Crippen LogP contribution in [0.25, 0.3) is 0 Å². The van der Waals surface area contributed by atoms with E-state index in [4.69, 9.17) is 11.6 Å². The number of rotatable bonds is 3. The van der Waals surface area contributed by atoms with Crippen LogP contribution in [-0.4, -0.2) is 20.9 Å². The normalized spacial score (nSPS) is 15.7. The van der Waals surface area contributed by atoms with Crippen molar-refractivity contribution in [3.05, 3.63) is 52.5 Å². The molecule has 0 aliphatic carbocycles. The smallest absolute Gasteiger partial charge is 0.261 e. The zero-order chi connectivity index (χ0) is 19.3. The third kappa shape index (κ3) is 3.31. The largest absolute Gasteiger partial charge is 0.311 e. The van der Waals surface area contributed by atoms with Gasteiger partial charge >= 0.3 is 0 Å². The fourth-order valence-corrected chi connectivity index (χ4v) is 4.53. The highest BCUT2D eigenvalue weighted by Gasteiger charge is 2.37. The molecule has 2 aromatic rings.